The fourth-order valence-electron chi connectivity index (χ4n) is 0.697. The molecule has 0 spiro atoms. The molecular formula is C4H8O6S2. The number of hydrogen-bond donors (Lipinski definition) is 0. The van der Waals surface area contributed by atoms with E-state index in [2.05, 4.69) is 8.37 Å². The van der Waals surface area contributed by atoms with E-state index >= 15 is 0 Å². The van der Waals surface area contributed by atoms with E-state index in [1.54, 1.807) is 0 Å². The molecule has 0 bridgehead atoms. The predicted molar refractivity (Wildman–Crippen MR) is 39.2 cm³/mol. The van der Waals surface area contributed by atoms with Gasteiger partial charge in [-0.1, -0.05) is 0 Å². The lowest BCUT2D eigenvalue weighted by Gasteiger charge is -2.10. The molecule has 0 aromatic rings. The highest BCUT2D eigenvalue weighted by atomic mass is 32.2. The maximum atomic E-state index is 10.7. The van der Waals surface area contributed by atoms with E-state index in [-0.39, 0.29) is 17.9 Å². The molecule has 0 aromatic carbocycles. The summed E-state index contributed by atoms with van der Waals surface area (Å²) in [6.07, 6.45) is 0.00463. The van der Waals surface area contributed by atoms with Gasteiger partial charge in [0.05, 0.1) is 11.5 Å². The minimum atomic E-state index is -3.58. The second-order valence-electron chi connectivity index (χ2n) is 2.23. The van der Waals surface area contributed by atoms with Crippen LogP contribution in [0.15, 0.2) is 0 Å². The second-order valence-corrected chi connectivity index (χ2v) is 5.75. The summed E-state index contributed by atoms with van der Waals surface area (Å²) in [4.78, 5) is 0. The zero-order valence-electron chi connectivity index (χ0n) is 6.09. The SMILES string of the molecule is O=S1(=O)CCCS(=O)(=O)OCO1. The third-order valence-electron chi connectivity index (χ3n) is 1.24. The normalized spacial score (nSPS) is 28.7. The molecule has 0 aromatic heterocycles. The maximum absolute atomic E-state index is 10.7. The molecule has 1 rings (SSSR count). The summed E-state index contributed by atoms with van der Waals surface area (Å²) in [5.41, 5.74) is 0. The van der Waals surface area contributed by atoms with Gasteiger partial charge in [0.2, 0.25) is 0 Å². The molecule has 1 fully saturated rings. The van der Waals surface area contributed by atoms with Gasteiger partial charge in [-0.15, -0.1) is 0 Å². The van der Waals surface area contributed by atoms with Crippen molar-refractivity contribution in [2.45, 2.75) is 6.42 Å². The Hall–Kier alpha value is -0.180. The summed E-state index contributed by atoms with van der Waals surface area (Å²) >= 11 is 0. The molecule has 0 unspecified atom stereocenters. The fraction of sp³-hybridized carbons (Fsp3) is 1.00. The van der Waals surface area contributed by atoms with Crippen molar-refractivity contribution in [1.29, 1.82) is 0 Å². The first-order valence-electron chi connectivity index (χ1n) is 3.15. The van der Waals surface area contributed by atoms with Gasteiger partial charge in [0, 0.05) is 0 Å². The van der Waals surface area contributed by atoms with Crippen LogP contribution >= 0.6 is 0 Å². The summed E-state index contributed by atoms with van der Waals surface area (Å²) in [6, 6.07) is 0. The Morgan fingerprint density at radius 2 is 1.25 bits per heavy atom. The molecule has 12 heavy (non-hydrogen) atoms. The Labute approximate surface area is 70.7 Å². The first-order chi connectivity index (χ1) is 5.41. The highest BCUT2D eigenvalue weighted by Gasteiger charge is 2.20. The van der Waals surface area contributed by atoms with Crippen molar-refractivity contribution >= 4 is 20.2 Å². The standard InChI is InChI=1S/C4H8O6S2/c5-11(6)2-1-3-12(7,8)10-4-9-11/h1-4H2. The molecule has 0 aliphatic carbocycles. The molecule has 8 heteroatoms. The fourth-order valence-corrected chi connectivity index (χ4v) is 2.56. The molecule has 0 atom stereocenters. The predicted octanol–water partition coefficient (Wildman–Crippen LogP) is -0.960. The van der Waals surface area contributed by atoms with Crippen molar-refractivity contribution in [3.05, 3.63) is 0 Å². The lowest BCUT2D eigenvalue weighted by Crippen LogP contribution is -2.23. The minimum Gasteiger partial charge on any atom is -0.240 e. The van der Waals surface area contributed by atoms with E-state index in [0.29, 0.717) is 0 Å². The average molecular weight is 216 g/mol. The highest BCUT2D eigenvalue weighted by molar-refractivity contribution is 7.88. The molecule has 1 saturated heterocycles. The second kappa shape index (κ2) is 3.29. The van der Waals surface area contributed by atoms with E-state index in [1.165, 1.54) is 0 Å². The summed E-state index contributed by atoms with van der Waals surface area (Å²) in [6.45, 7) is -0.745. The molecule has 1 heterocycles. The lowest BCUT2D eigenvalue weighted by atomic mass is 10.6. The largest absolute Gasteiger partial charge is 0.269 e. The summed E-state index contributed by atoms with van der Waals surface area (Å²) in [7, 11) is -7.16. The zero-order valence-corrected chi connectivity index (χ0v) is 7.73. The van der Waals surface area contributed by atoms with Gasteiger partial charge >= 0.3 is 0 Å². The molecule has 1 aliphatic rings. The minimum absolute atomic E-state index is 0.00463. The Morgan fingerprint density at radius 3 is 1.67 bits per heavy atom. The molecule has 1 aliphatic heterocycles. The molecule has 0 saturated carbocycles. The Morgan fingerprint density at radius 1 is 0.833 bits per heavy atom. The van der Waals surface area contributed by atoms with Crippen molar-refractivity contribution < 1.29 is 25.2 Å². The smallest absolute Gasteiger partial charge is 0.240 e. The van der Waals surface area contributed by atoms with Crippen LogP contribution in [0.4, 0.5) is 0 Å². The molecule has 0 radical (unpaired) electrons. The van der Waals surface area contributed by atoms with E-state index in [4.69, 9.17) is 0 Å². The number of hydrogen-bond acceptors (Lipinski definition) is 6. The Balaban J connectivity index is 2.69. The van der Waals surface area contributed by atoms with Crippen molar-refractivity contribution in [3.8, 4) is 0 Å². The van der Waals surface area contributed by atoms with Gasteiger partial charge in [0.15, 0.2) is 6.79 Å². The van der Waals surface area contributed by atoms with Gasteiger partial charge in [-0.25, -0.2) is 8.37 Å². The van der Waals surface area contributed by atoms with Gasteiger partial charge in [0.1, 0.15) is 0 Å². The summed E-state index contributed by atoms with van der Waals surface area (Å²) in [5.74, 6) is -0.564. The van der Waals surface area contributed by atoms with Crippen LogP contribution in [0.3, 0.4) is 0 Å². The monoisotopic (exact) mass is 216 g/mol. The Kier molecular flexibility index (Phi) is 2.71. The molecule has 0 N–H and O–H groups in total. The van der Waals surface area contributed by atoms with Crippen LogP contribution in [0.25, 0.3) is 0 Å². The van der Waals surface area contributed by atoms with Gasteiger partial charge in [-0.05, 0) is 6.42 Å². The topological polar surface area (TPSA) is 86.7 Å². The Bertz CT molecular complexity index is 282. The van der Waals surface area contributed by atoms with Crippen molar-refractivity contribution in [1.82, 2.24) is 0 Å². The lowest BCUT2D eigenvalue weighted by molar-refractivity contribution is 0.130. The first kappa shape index (κ1) is 9.90. The van der Waals surface area contributed by atoms with Gasteiger partial charge in [-0.2, -0.15) is 16.8 Å². The molecule has 72 valence electrons. The molecule has 0 amide bonds. The van der Waals surface area contributed by atoms with Crippen molar-refractivity contribution in [2.24, 2.45) is 0 Å². The van der Waals surface area contributed by atoms with Gasteiger partial charge in [-0.3, -0.25) is 0 Å². The van der Waals surface area contributed by atoms with E-state index < -0.39 is 27.0 Å². The van der Waals surface area contributed by atoms with Gasteiger partial charge < -0.3 is 0 Å². The molecular weight excluding hydrogens is 208 g/mol. The van der Waals surface area contributed by atoms with Crippen molar-refractivity contribution in [2.75, 3.05) is 18.3 Å². The van der Waals surface area contributed by atoms with Crippen LogP contribution in [0.5, 0.6) is 0 Å². The third-order valence-corrected chi connectivity index (χ3v) is 3.73. The number of rotatable bonds is 0. The summed E-state index contributed by atoms with van der Waals surface area (Å²) in [5, 5.41) is 0. The van der Waals surface area contributed by atoms with E-state index in [1.807, 2.05) is 0 Å². The van der Waals surface area contributed by atoms with E-state index in [9.17, 15) is 16.8 Å². The maximum Gasteiger partial charge on any atom is 0.269 e. The van der Waals surface area contributed by atoms with Crippen LogP contribution in [0.1, 0.15) is 6.42 Å². The average Bonchev–Trinajstić information content (AvgIpc) is 1.82. The molecule has 6 nitrogen and oxygen atoms in total. The summed E-state index contributed by atoms with van der Waals surface area (Å²) < 4.78 is 51.3. The highest BCUT2D eigenvalue weighted by Crippen LogP contribution is 2.06. The quantitative estimate of drug-likeness (QED) is 0.485. The van der Waals surface area contributed by atoms with Crippen LogP contribution in [-0.4, -0.2) is 35.1 Å². The van der Waals surface area contributed by atoms with Crippen LogP contribution in [-0.2, 0) is 28.6 Å². The third kappa shape index (κ3) is 3.05. The first-order valence-corrected chi connectivity index (χ1v) is 6.31. The van der Waals surface area contributed by atoms with Crippen LogP contribution < -0.4 is 0 Å². The van der Waals surface area contributed by atoms with Crippen molar-refractivity contribution in [3.63, 3.8) is 0 Å². The van der Waals surface area contributed by atoms with E-state index in [0.717, 1.165) is 0 Å². The van der Waals surface area contributed by atoms with Crippen LogP contribution in [0, 0.1) is 0 Å². The van der Waals surface area contributed by atoms with Crippen LogP contribution in [0.2, 0.25) is 0 Å². The zero-order chi connectivity index (χ0) is 9.24. The van der Waals surface area contributed by atoms with Gasteiger partial charge in [0.25, 0.3) is 20.2 Å².